The van der Waals surface area contributed by atoms with Crippen LogP contribution in [0.3, 0.4) is 0 Å². The number of hydrogen-bond acceptors (Lipinski definition) is 3. The predicted molar refractivity (Wildman–Crippen MR) is 110 cm³/mol. The van der Waals surface area contributed by atoms with E-state index >= 15 is 0 Å². The highest BCUT2D eigenvalue weighted by molar-refractivity contribution is 6.35. The summed E-state index contributed by atoms with van der Waals surface area (Å²) in [7, 11) is 2.01. The Hall–Kier alpha value is -2.60. The molecule has 2 heterocycles. The van der Waals surface area contributed by atoms with E-state index in [0.29, 0.717) is 19.0 Å². The molecule has 6 heteroatoms. The first kappa shape index (κ1) is 20.1. The molecule has 2 N–H and O–H groups in total. The molecule has 0 saturated carbocycles. The second-order valence-electron chi connectivity index (χ2n) is 7.86. The van der Waals surface area contributed by atoms with Crippen LogP contribution in [0.15, 0.2) is 42.6 Å². The lowest BCUT2D eigenvalue weighted by atomic mass is 9.98. The Balaban J connectivity index is 1.70. The van der Waals surface area contributed by atoms with E-state index in [4.69, 9.17) is 0 Å². The summed E-state index contributed by atoms with van der Waals surface area (Å²) in [6.07, 6.45) is 3.00. The van der Waals surface area contributed by atoms with E-state index < -0.39 is 11.8 Å². The van der Waals surface area contributed by atoms with Gasteiger partial charge in [-0.1, -0.05) is 38.1 Å². The van der Waals surface area contributed by atoms with Crippen LogP contribution in [0, 0.1) is 5.92 Å². The summed E-state index contributed by atoms with van der Waals surface area (Å²) in [6.45, 7) is 6.64. The van der Waals surface area contributed by atoms with Gasteiger partial charge in [0, 0.05) is 45.1 Å². The summed E-state index contributed by atoms with van der Waals surface area (Å²) in [4.78, 5) is 26.6. The topological polar surface area (TPSA) is 66.4 Å². The largest absolute Gasteiger partial charge is 0.353 e. The van der Waals surface area contributed by atoms with Gasteiger partial charge in [-0.3, -0.25) is 14.5 Å². The Morgan fingerprint density at radius 2 is 1.68 bits per heavy atom. The lowest BCUT2D eigenvalue weighted by molar-refractivity contribution is -0.139. The number of aryl methyl sites for hydroxylation is 1. The lowest BCUT2D eigenvalue weighted by Gasteiger charge is -2.36. The Kier molecular flexibility index (Phi) is 6.52. The zero-order valence-corrected chi connectivity index (χ0v) is 16.9. The summed E-state index contributed by atoms with van der Waals surface area (Å²) < 4.78 is 2.08. The Labute approximate surface area is 166 Å². The van der Waals surface area contributed by atoms with Gasteiger partial charge in [0.2, 0.25) is 0 Å². The average molecular weight is 383 g/mol. The summed E-state index contributed by atoms with van der Waals surface area (Å²) in [5.74, 6) is -0.832. The first-order valence-electron chi connectivity index (χ1n) is 9.93. The van der Waals surface area contributed by atoms with Crippen LogP contribution in [0.25, 0.3) is 0 Å². The molecule has 2 amide bonds. The van der Waals surface area contributed by atoms with Crippen molar-refractivity contribution in [3.8, 4) is 0 Å². The quantitative estimate of drug-likeness (QED) is 0.751. The van der Waals surface area contributed by atoms with Crippen molar-refractivity contribution >= 4 is 11.8 Å². The SMILES string of the molecule is CC(C)CNC(=O)C(=O)NCC(c1cccn1C)N1CCc2ccccc2C1. The maximum atomic E-state index is 12.2. The monoisotopic (exact) mass is 382 g/mol. The minimum atomic E-state index is -0.572. The molecule has 1 aliphatic heterocycles. The van der Waals surface area contributed by atoms with Gasteiger partial charge in [-0.15, -0.1) is 0 Å². The highest BCUT2D eigenvalue weighted by Crippen LogP contribution is 2.27. The third-order valence-corrected chi connectivity index (χ3v) is 5.26. The Bertz CT molecular complexity index is 827. The van der Waals surface area contributed by atoms with Crippen LogP contribution in [0.5, 0.6) is 0 Å². The number of benzene rings is 1. The maximum absolute atomic E-state index is 12.2. The van der Waals surface area contributed by atoms with E-state index in [2.05, 4.69) is 50.4 Å². The van der Waals surface area contributed by atoms with Gasteiger partial charge in [-0.2, -0.15) is 0 Å². The van der Waals surface area contributed by atoms with Gasteiger partial charge in [0.25, 0.3) is 0 Å². The highest BCUT2D eigenvalue weighted by Gasteiger charge is 2.27. The first-order valence-corrected chi connectivity index (χ1v) is 9.93. The van der Waals surface area contributed by atoms with Crippen LogP contribution >= 0.6 is 0 Å². The minimum Gasteiger partial charge on any atom is -0.353 e. The third-order valence-electron chi connectivity index (χ3n) is 5.26. The predicted octanol–water partition coefficient (Wildman–Crippen LogP) is 2.01. The number of fused-ring (bicyclic) bond motifs is 1. The number of carbonyl (C=O) groups is 2. The second kappa shape index (κ2) is 9.06. The van der Waals surface area contributed by atoms with Crippen molar-refractivity contribution in [1.29, 1.82) is 0 Å². The summed E-state index contributed by atoms with van der Waals surface area (Å²) in [5.41, 5.74) is 3.85. The Morgan fingerprint density at radius 3 is 2.32 bits per heavy atom. The van der Waals surface area contributed by atoms with Crippen molar-refractivity contribution in [3.63, 3.8) is 0 Å². The minimum absolute atomic E-state index is 0.00945. The van der Waals surface area contributed by atoms with Crippen LogP contribution in [0.2, 0.25) is 0 Å². The van der Waals surface area contributed by atoms with Crippen molar-refractivity contribution in [2.75, 3.05) is 19.6 Å². The molecular weight excluding hydrogens is 352 g/mol. The molecule has 1 atom stereocenters. The highest BCUT2D eigenvalue weighted by atomic mass is 16.2. The summed E-state index contributed by atoms with van der Waals surface area (Å²) in [6, 6.07) is 12.6. The average Bonchev–Trinajstić information content (AvgIpc) is 3.11. The normalized spacial score (nSPS) is 15.1. The molecule has 2 aromatic rings. The molecule has 1 aromatic carbocycles. The van der Waals surface area contributed by atoms with Crippen molar-refractivity contribution in [2.45, 2.75) is 32.9 Å². The number of nitrogens with zero attached hydrogens (tertiary/aromatic N) is 2. The van der Waals surface area contributed by atoms with Gasteiger partial charge in [-0.25, -0.2) is 0 Å². The molecule has 0 radical (unpaired) electrons. The van der Waals surface area contributed by atoms with Crippen molar-refractivity contribution in [2.24, 2.45) is 13.0 Å². The molecule has 1 aromatic heterocycles. The van der Waals surface area contributed by atoms with E-state index in [9.17, 15) is 9.59 Å². The van der Waals surface area contributed by atoms with Gasteiger partial charge >= 0.3 is 11.8 Å². The van der Waals surface area contributed by atoms with E-state index in [0.717, 1.165) is 25.2 Å². The molecule has 0 aliphatic carbocycles. The van der Waals surface area contributed by atoms with Crippen molar-refractivity contribution in [1.82, 2.24) is 20.1 Å². The summed E-state index contributed by atoms with van der Waals surface area (Å²) >= 11 is 0. The third kappa shape index (κ3) is 4.81. The molecule has 0 fully saturated rings. The lowest BCUT2D eigenvalue weighted by Crippen LogP contribution is -2.46. The number of amides is 2. The first-order chi connectivity index (χ1) is 13.5. The van der Waals surface area contributed by atoms with E-state index in [1.165, 1.54) is 11.1 Å². The number of carbonyl (C=O) groups excluding carboxylic acids is 2. The fourth-order valence-electron chi connectivity index (χ4n) is 3.67. The fraction of sp³-hybridized carbons (Fsp3) is 0.455. The molecule has 3 rings (SSSR count). The van der Waals surface area contributed by atoms with Gasteiger partial charge in [-0.05, 0) is 35.6 Å². The zero-order valence-electron chi connectivity index (χ0n) is 16.9. The van der Waals surface area contributed by atoms with Crippen LogP contribution in [-0.4, -0.2) is 40.9 Å². The second-order valence-corrected chi connectivity index (χ2v) is 7.86. The molecule has 6 nitrogen and oxygen atoms in total. The molecule has 1 aliphatic rings. The number of aromatic nitrogens is 1. The zero-order chi connectivity index (χ0) is 20.1. The van der Waals surface area contributed by atoms with Gasteiger partial charge < -0.3 is 15.2 Å². The standard InChI is InChI=1S/C22H30N4O2/c1-16(2)13-23-21(27)22(28)24-14-20(19-9-6-11-25(19)3)26-12-10-17-7-4-5-8-18(17)15-26/h4-9,11,16,20H,10,12-15H2,1-3H3,(H,23,27)(H,24,28). The van der Waals surface area contributed by atoms with Crippen LogP contribution in [-0.2, 0) is 29.6 Å². The Morgan fingerprint density at radius 1 is 1.00 bits per heavy atom. The molecule has 150 valence electrons. The van der Waals surface area contributed by atoms with E-state index in [1.807, 2.05) is 33.2 Å². The fourth-order valence-corrected chi connectivity index (χ4v) is 3.67. The molecular formula is C22H30N4O2. The van der Waals surface area contributed by atoms with E-state index in [1.54, 1.807) is 0 Å². The van der Waals surface area contributed by atoms with Gasteiger partial charge in [0.15, 0.2) is 0 Å². The smallest absolute Gasteiger partial charge is 0.309 e. The number of rotatable bonds is 6. The van der Waals surface area contributed by atoms with Crippen molar-refractivity contribution in [3.05, 3.63) is 59.4 Å². The maximum Gasteiger partial charge on any atom is 0.309 e. The van der Waals surface area contributed by atoms with Crippen molar-refractivity contribution < 1.29 is 9.59 Å². The van der Waals surface area contributed by atoms with Crippen LogP contribution in [0.4, 0.5) is 0 Å². The molecule has 0 saturated heterocycles. The van der Waals surface area contributed by atoms with E-state index in [-0.39, 0.29) is 6.04 Å². The molecule has 0 bridgehead atoms. The molecule has 28 heavy (non-hydrogen) atoms. The van der Waals surface area contributed by atoms with Crippen LogP contribution < -0.4 is 10.6 Å². The number of hydrogen-bond donors (Lipinski definition) is 2. The number of nitrogens with one attached hydrogen (secondary N) is 2. The molecule has 0 spiro atoms. The summed E-state index contributed by atoms with van der Waals surface area (Å²) in [5, 5.41) is 5.51. The molecule has 1 unspecified atom stereocenters. The van der Waals surface area contributed by atoms with Crippen LogP contribution in [0.1, 0.15) is 36.7 Å². The van der Waals surface area contributed by atoms with Gasteiger partial charge in [0.1, 0.15) is 0 Å². The van der Waals surface area contributed by atoms with Gasteiger partial charge in [0.05, 0.1) is 6.04 Å².